The van der Waals surface area contributed by atoms with E-state index in [1.54, 1.807) is 15.6 Å². The van der Waals surface area contributed by atoms with Crippen LogP contribution in [0.5, 0.6) is 0 Å². The number of pyridine rings is 1. The fraction of sp³-hybridized carbons (Fsp3) is 0.375. The van der Waals surface area contributed by atoms with Crippen LogP contribution in [0.4, 0.5) is 5.82 Å². The fourth-order valence-corrected chi connectivity index (χ4v) is 3.28. The molecule has 1 amide bonds. The van der Waals surface area contributed by atoms with E-state index in [-0.39, 0.29) is 17.6 Å². The Morgan fingerprint density at radius 2 is 2.25 bits per heavy atom. The van der Waals surface area contributed by atoms with Crippen molar-refractivity contribution in [1.29, 1.82) is 0 Å². The maximum atomic E-state index is 12.4. The van der Waals surface area contributed by atoms with Crippen molar-refractivity contribution in [3.8, 4) is 0 Å². The Balaban J connectivity index is 1.60. The van der Waals surface area contributed by atoms with E-state index >= 15 is 0 Å². The van der Waals surface area contributed by atoms with Crippen molar-refractivity contribution in [2.45, 2.75) is 18.8 Å². The maximum Gasteiger partial charge on any atom is 0.292 e. The molecule has 0 bridgehead atoms. The summed E-state index contributed by atoms with van der Waals surface area (Å²) in [4.78, 5) is 19.0. The van der Waals surface area contributed by atoms with Crippen LogP contribution in [-0.4, -0.2) is 43.8 Å². The van der Waals surface area contributed by atoms with Gasteiger partial charge in [-0.2, -0.15) is 5.10 Å². The number of carbonyl (C=O) groups is 1. The van der Waals surface area contributed by atoms with Gasteiger partial charge in [0.25, 0.3) is 5.91 Å². The Bertz CT molecular complexity index is 885. The first-order chi connectivity index (χ1) is 11.6. The molecule has 1 aliphatic rings. The molecule has 2 N–H and O–H groups in total. The average Bonchev–Trinajstić information content (AvgIpc) is 3.23. The van der Waals surface area contributed by atoms with Gasteiger partial charge in [-0.05, 0) is 25.0 Å². The number of nitrogens with two attached hydrogens (primary N) is 1. The predicted octanol–water partition coefficient (Wildman–Crippen LogP) is 1.56. The number of amides is 1. The molecule has 0 saturated carbocycles. The number of hydrogen-bond donors (Lipinski definition) is 1. The number of hydrogen-bond acceptors (Lipinski definition) is 6. The quantitative estimate of drug-likeness (QED) is 0.766. The summed E-state index contributed by atoms with van der Waals surface area (Å²) in [5.41, 5.74) is 7.61. The molecule has 4 rings (SSSR count). The third-order valence-electron chi connectivity index (χ3n) is 4.51. The topological polar surface area (TPSA) is 103 Å². The van der Waals surface area contributed by atoms with Gasteiger partial charge in [-0.25, -0.2) is 9.67 Å². The minimum Gasteiger partial charge on any atom is -0.382 e. The third kappa shape index (κ3) is 2.40. The molecule has 1 aliphatic heterocycles. The van der Waals surface area contributed by atoms with E-state index in [4.69, 9.17) is 15.2 Å². The van der Waals surface area contributed by atoms with Crippen molar-refractivity contribution < 1.29 is 9.32 Å². The van der Waals surface area contributed by atoms with E-state index < -0.39 is 0 Å². The summed E-state index contributed by atoms with van der Waals surface area (Å²) in [6.07, 6.45) is 3.40. The molecule has 0 unspecified atom stereocenters. The molecule has 4 heterocycles. The van der Waals surface area contributed by atoms with Gasteiger partial charge in [0.15, 0.2) is 11.5 Å². The molecule has 1 saturated heterocycles. The van der Waals surface area contributed by atoms with Gasteiger partial charge in [0.1, 0.15) is 0 Å². The number of nitrogen functional groups attached to an aromatic ring is 1. The molecule has 124 valence electrons. The Morgan fingerprint density at radius 3 is 3.04 bits per heavy atom. The number of likely N-dealkylation sites (tertiary alicyclic amines) is 1. The highest BCUT2D eigenvalue weighted by atomic mass is 16.5. The fourth-order valence-electron chi connectivity index (χ4n) is 3.28. The number of anilines is 1. The van der Waals surface area contributed by atoms with Gasteiger partial charge in [-0.3, -0.25) is 4.79 Å². The molecule has 1 atom stereocenters. The molecule has 0 spiro atoms. The molecule has 8 nitrogen and oxygen atoms in total. The highest BCUT2D eigenvalue weighted by Gasteiger charge is 2.28. The Morgan fingerprint density at radius 1 is 1.38 bits per heavy atom. The summed E-state index contributed by atoms with van der Waals surface area (Å²) in [7, 11) is 1.83. The molecule has 0 aliphatic carbocycles. The molecule has 3 aromatic heterocycles. The summed E-state index contributed by atoms with van der Waals surface area (Å²) in [5, 5.41) is 8.66. The van der Waals surface area contributed by atoms with Crippen LogP contribution in [0.3, 0.4) is 0 Å². The van der Waals surface area contributed by atoms with E-state index in [1.807, 2.05) is 19.2 Å². The zero-order chi connectivity index (χ0) is 16.7. The number of aromatic nitrogens is 4. The van der Waals surface area contributed by atoms with Crippen LogP contribution in [0.15, 0.2) is 28.9 Å². The van der Waals surface area contributed by atoms with Crippen molar-refractivity contribution >= 4 is 22.8 Å². The van der Waals surface area contributed by atoms with Crippen molar-refractivity contribution in [3.63, 3.8) is 0 Å². The molecule has 0 radical (unpaired) electrons. The second kappa shape index (κ2) is 5.63. The van der Waals surface area contributed by atoms with Gasteiger partial charge < -0.3 is 15.2 Å². The van der Waals surface area contributed by atoms with E-state index in [9.17, 15) is 4.79 Å². The minimum absolute atomic E-state index is 0.122. The minimum atomic E-state index is -0.122. The zero-order valence-corrected chi connectivity index (χ0v) is 13.3. The predicted molar refractivity (Wildman–Crippen MR) is 87.3 cm³/mol. The number of carbonyl (C=O) groups excluding carboxylic acids is 1. The largest absolute Gasteiger partial charge is 0.382 e. The molecule has 3 aromatic rings. The maximum absolute atomic E-state index is 12.4. The average molecular weight is 326 g/mol. The molecule has 8 heteroatoms. The van der Waals surface area contributed by atoms with Crippen LogP contribution in [0.1, 0.15) is 35.0 Å². The lowest BCUT2D eigenvalue weighted by molar-refractivity contribution is 0.0664. The first-order valence-electron chi connectivity index (χ1n) is 7.92. The van der Waals surface area contributed by atoms with Gasteiger partial charge in [0.05, 0.1) is 11.6 Å². The first kappa shape index (κ1) is 14.7. The van der Waals surface area contributed by atoms with Crippen LogP contribution in [0.2, 0.25) is 0 Å². The van der Waals surface area contributed by atoms with Crippen LogP contribution < -0.4 is 5.73 Å². The van der Waals surface area contributed by atoms with Crippen molar-refractivity contribution in [2.75, 3.05) is 18.8 Å². The third-order valence-corrected chi connectivity index (χ3v) is 4.51. The van der Waals surface area contributed by atoms with Gasteiger partial charge in [-0.1, -0.05) is 5.16 Å². The lowest BCUT2D eigenvalue weighted by Crippen LogP contribution is -2.39. The number of fused-ring (bicyclic) bond motifs is 1. The first-order valence-corrected chi connectivity index (χ1v) is 7.92. The summed E-state index contributed by atoms with van der Waals surface area (Å²) in [5.74, 6) is 0.824. The SMILES string of the molecule is Cn1nc(N)c2ccc([C@@H]3CCCN(C(=O)c4ccno4)C3)nc21. The summed E-state index contributed by atoms with van der Waals surface area (Å²) < 4.78 is 6.67. The second-order valence-corrected chi connectivity index (χ2v) is 6.08. The van der Waals surface area contributed by atoms with E-state index in [0.717, 1.165) is 36.1 Å². The van der Waals surface area contributed by atoms with Crippen molar-refractivity contribution in [2.24, 2.45) is 7.05 Å². The van der Waals surface area contributed by atoms with Gasteiger partial charge >= 0.3 is 0 Å². The standard InChI is InChI=1S/C16H18N6O2/c1-21-15-11(14(17)20-21)4-5-12(19-15)10-3-2-8-22(9-10)16(23)13-6-7-18-24-13/h4-7,10H,2-3,8-9H2,1H3,(H2,17,20)/t10-/m1/s1. The Labute approximate surface area is 138 Å². The van der Waals surface area contributed by atoms with E-state index in [0.29, 0.717) is 12.4 Å². The molecular formula is C16H18N6O2. The van der Waals surface area contributed by atoms with Gasteiger partial charge in [0, 0.05) is 37.8 Å². The number of piperidine rings is 1. The summed E-state index contributed by atoms with van der Waals surface area (Å²) in [6, 6.07) is 5.53. The molecule has 24 heavy (non-hydrogen) atoms. The van der Waals surface area contributed by atoms with Crippen LogP contribution >= 0.6 is 0 Å². The van der Waals surface area contributed by atoms with Crippen molar-refractivity contribution in [3.05, 3.63) is 35.9 Å². The Kier molecular flexibility index (Phi) is 3.44. The molecular weight excluding hydrogens is 308 g/mol. The van der Waals surface area contributed by atoms with Gasteiger partial charge in [0.2, 0.25) is 5.76 Å². The number of nitrogens with zero attached hydrogens (tertiary/aromatic N) is 5. The van der Waals surface area contributed by atoms with Crippen molar-refractivity contribution in [1.82, 2.24) is 24.8 Å². The summed E-state index contributed by atoms with van der Waals surface area (Å²) in [6.45, 7) is 1.34. The normalized spacial score (nSPS) is 18.2. The number of rotatable bonds is 2. The van der Waals surface area contributed by atoms with Crippen LogP contribution in [-0.2, 0) is 7.05 Å². The lowest BCUT2D eigenvalue weighted by atomic mass is 9.94. The lowest BCUT2D eigenvalue weighted by Gasteiger charge is -2.31. The highest BCUT2D eigenvalue weighted by molar-refractivity contribution is 5.91. The number of aryl methyl sites for hydroxylation is 1. The van der Waals surface area contributed by atoms with Crippen LogP contribution in [0, 0.1) is 0 Å². The van der Waals surface area contributed by atoms with Crippen LogP contribution in [0.25, 0.3) is 11.0 Å². The molecule has 0 aromatic carbocycles. The summed E-state index contributed by atoms with van der Waals surface area (Å²) >= 11 is 0. The monoisotopic (exact) mass is 326 g/mol. The molecule has 1 fully saturated rings. The second-order valence-electron chi connectivity index (χ2n) is 6.08. The zero-order valence-electron chi connectivity index (χ0n) is 13.3. The smallest absolute Gasteiger partial charge is 0.292 e. The van der Waals surface area contributed by atoms with E-state index in [1.165, 1.54) is 6.20 Å². The van der Waals surface area contributed by atoms with E-state index in [2.05, 4.69) is 10.3 Å². The van der Waals surface area contributed by atoms with Gasteiger partial charge in [-0.15, -0.1) is 0 Å². The highest BCUT2D eigenvalue weighted by Crippen LogP contribution is 2.28. The Hall–Kier alpha value is -2.90.